The predicted octanol–water partition coefficient (Wildman–Crippen LogP) is 2.50. The second-order valence-electron chi connectivity index (χ2n) is 4.68. The predicted molar refractivity (Wildman–Crippen MR) is 73.0 cm³/mol. The first-order chi connectivity index (χ1) is 6.93. The van der Waals surface area contributed by atoms with Crippen LogP contribution in [0.15, 0.2) is 0 Å². The van der Waals surface area contributed by atoms with Crippen molar-refractivity contribution in [1.82, 2.24) is 10.2 Å². The molecule has 2 nitrogen and oxygen atoms in total. The average Bonchev–Trinajstić information content (AvgIpc) is 2.12. The van der Waals surface area contributed by atoms with Crippen LogP contribution < -0.4 is 5.32 Å². The molecule has 1 N–H and O–H groups in total. The van der Waals surface area contributed by atoms with E-state index in [1.54, 1.807) is 0 Å². The second kappa shape index (κ2) is 12.5. The van der Waals surface area contributed by atoms with Crippen molar-refractivity contribution in [1.29, 1.82) is 0 Å². The lowest BCUT2D eigenvalue weighted by Crippen LogP contribution is -2.26. The molecule has 0 unspecified atom stereocenters. The number of nitrogens with zero attached hydrogens (tertiary/aromatic N) is 1. The summed E-state index contributed by atoms with van der Waals surface area (Å²) in [7, 11) is 4.10. The van der Waals surface area contributed by atoms with Gasteiger partial charge in [-0.25, -0.2) is 0 Å². The third kappa shape index (κ3) is 20.5. The standard InChI is InChI=1S/C6H16N2.2C3H7.Al/c1-4-8(3)6-5-7-2;2*1-3-2;/h7H,4-6H2,1-3H3;2*3H,1-2H3;. The van der Waals surface area contributed by atoms with Gasteiger partial charge < -0.3 is 10.2 Å². The van der Waals surface area contributed by atoms with Crippen molar-refractivity contribution >= 4 is 15.2 Å². The van der Waals surface area contributed by atoms with Crippen molar-refractivity contribution in [2.75, 3.05) is 33.7 Å². The van der Waals surface area contributed by atoms with Gasteiger partial charge in [-0.1, -0.05) is 44.2 Å². The molecule has 0 aromatic heterocycles. The Bertz CT molecular complexity index is 110. The van der Waals surface area contributed by atoms with Crippen molar-refractivity contribution in [2.45, 2.75) is 44.2 Å². The summed E-state index contributed by atoms with van der Waals surface area (Å²) in [6.07, 6.45) is 0. The molecule has 0 rings (SSSR count). The van der Waals surface area contributed by atoms with Gasteiger partial charge in [-0.3, -0.25) is 0 Å². The van der Waals surface area contributed by atoms with Gasteiger partial charge in [0.05, 0.1) is 0 Å². The molecule has 0 aromatic carbocycles. The monoisotopic (exact) mass is 229 g/mol. The molecule has 91 valence electrons. The lowest BCUT2D eigenvalue weighted by Gasteiger charge is -2.11. The van der Waals surface area contributed by atoms with Gasteiger partial charge in [-0.05, 0) is 20.6 Å². The fourth-order valence-electron chi connectivity index (χ4n) is 1.23. The zero-order valence-electron chi connectivity index (χ0n) is 11.8. The zero-order chi connectivity index (χ0) is 12.3. The Morgan fingerprint density at radius 3 is 1.80 bits per heavy atom. The van der Waals surface area contributed by atoms with Crippen LogP contribution in [-0.4, -0.2) is 53.8 Å². The third-order valence-corrected chi connectivity index (χ3v) is 3.59. The van der Waals surface area contributed by atoms with Crippen molar-refractivity contribution in [3.63, 3.8) is 0 Å². The van der Waals surface area contributed by atoms with Gasteiger partial charge in [-0.2, -0.15) is 0 Å². The minimum atomic E-state index is 0.713. The molecular formula is C12H30AlN2. The highest BCUT2D eigenvalue weighted by Gasteiger charge is 1.99. The van der Waals surface area contributed by atoms with Gasteiger partial charge in [0.1, 0.15) is 0 Å². The van der Waals surface area contributed by atoms with E-state index in [4.69, 9.17) is 0 Å². The third-order valence-electron chi connectivity index (χ3n) is 2.05. The Hall–Kier alpha value is 0.452. The molecule has 0 saturated heterocycles. The number of nitrogens with one attached hydrogen (secondary N) is 1. The Morgan fingerprint density at radius 2 is 1.60 bits per heavy atom. The number of hydrogen-bond acceptors (Lipinski definition) is 2. The van der Waals surface area contributed by atoms with Crippen molar-refractivity contribution in [3.8, 4) is 0 Å². The van der Waals surface area contributed by atoms with Gasteiger partial charge in [0.15, 0.2) is 0 Å². The van der Waals surface area contributed by atoms with Crippen molar-refractivity contribution in [2.24, 2.45) is 0 Å². The van der Waals surface area contributed by atoms with Crippen LogP contribution >= 0.6 is 0 Å². The highest BCUT2D eigenvalue weighted by molar-refractivity contribution is 6.38. The van der Waals surface area contributed by atoms with E-state index < -0.39 is 0 Å². The summed E-state index contributed by atoms with van der Waals surface area (Å²) < 4.78 is 1.92. The fourth-order valence-corrected chi connectivity index (χ4v) is 2.77. The van der Waals surface area contributed by atoms with E-state index in [9.17, 15) is 0 Å². The summed E-state index contributed by atoms with van der Waals surface area (Å²) in [4.78, 5) is 2.27. The molecule has 0 aliphatic rings. The summed E-state index contributed by atoms with van der Waals surface area (Å²) in [6.45, 7) is 14.7. The van der Waals surface area contributed by atoms with Crippen LogP contribution in [0.25, 0.3) is 0 Å². The first-order valence-corrected chi connectivity index (χ1v) is 7.45. The summed E-state index contributed by atoms with van der Waals surface area (Å²) in [5, 5.41) is 3.09. The molecule has 0 saturated carbocycles. The lowest BCUT2D eigenvalue weighted by molar-refractivity contribution is 0.354. The maximum absolute atomic E-state index is 3.09. The van der Waals surface area contributed by atoms with Gasteiger partial charge >= 0.3 is 0 Å². The Morgan fingerprint density at radius 1 is 1.13 bits per heavy atom. The highest BCUT2D eigenvalue weighted by atomic mass is 27.1. The maximum atomic E-state index is 3.09. The Balaban J connectivity index is 0. The smallest absolute Gasteiger partial charge is 0.208 e. The van der Waals surface area contributed by atoms with E-state index in [0.717, 1.165) is 29.2 Å². The molecule has 0 spiro atoms. The topological polar surface area (TPSA) is 15.3 Å². The minimum Gasteiger partial charge on any atom is -0.318 e. The summed E-state index contributed by atoms with van der Waals surface area (Å²) >= 11 is 0.713. The van der Waals surface area contributed by atoms with Gasteiger partial charge in [-0.15, -0.1) is 0 Å². The van der Waals surface area contributed by atoms with Crippen molar-refractivity contribution < 1.29 is 0 Å². The second-order valence-corrected chi connectivity index (χ2v) is 7.73. The van der Waals surface area contributed by atoms with Gasteiger partial charge in [0, 0.05) is 13.1 Å². The molecule has 1 radical (unpaired) electrons. The van der Waals surface area contributed by atoms with Crippen LogP contribution in [0.4, 0.5) is 0 Å². The summed E-state index contributed by atoms with van der Waals surface area (Å²) in [5.41, 5.74) is 0. The van der Waals surface area contributed by atoms with E-state index >= 15 is 0 Å². The molecule has 0 heterocycles. The zero-order valence-corrected chi connectivity index (χ0v) is 13.0. The molecule has 3 heteroatoms. The van der Waals surface area contributed by atoms with Crippen LogP contribution in [0.3, 0.4) is 0 Å². The highest BCUT2D eigenvalue weighted by Crippen LogP contribution is 2.07. The van der Waals surface area contributed by atoms with E-state index in [0.29, 0.717) is 15.2 Å². The number of likely N-dealkylation sites (N-methyl/N-ethyl adjacent to an activating group) is 2. The molecule has 0 fully saturated rings. The molecule has 0 atom stereocenters. The summed E-state index contributed by atoms with van der Waals surface area (Å²) in [5.74, 6) is 0. The molecule has 0 aromatic rings. The van der Waals surface area contributed by atoms with Crippen LogP contribution in [0.2, 0.25) is 9.56 Å². The van der Waals surface area contributed by atoms with E-state index in [-0.39, 0.29) is 0 Å². The molecule has 0 aliphatic carbocycles. The maximum Gasteiger partial charge on any atom is 0.208 e. The van der Waals surface area contributed by atoms with E-state index in [1.807, 2.05) is 7.05 Å². The molecule has 0 aliphatic heterocycles. The average molecular weight is 229 g/mol. The quantitative estimate of drug-likeness (QED) is 0.704. The first-order valence-electron chi connectivity index (χ1n) is 6.12. The largest absolute Gasteiger partial charge is 0.318 e. The lowest BCUT2D eigenvalue weighted by atomic mass is 10.5. The van der Waals surface area contributed by atoms with Gasteiger partial charge in [0.25, 0.3) is 0 Å². The molecule has 0 amide bonds. The van der Waals surface area contributed by atoms with Crippen LogP contribution in [0.1, 0.15) is 34.6 Å². The normalized spacial score (nSPS) is 10.5. The first kappa shape index (κ1) is 17.8. The summed E-state index contributed by atoms with van der Waals surface area (Å²) in [6, 6.07) is 0. The van der Waals surface area contributed by atoms with Gasteiger partial charge in [0.2, 0.25) is 15.2 Å². The Labute approximate surface area is 104 Å². The van der Waals surface area contributed by atoms with Crippen LogP contribution in [-0.2, 0) is 0 Å². The van der Waals surface area contributed by atoms with Crippen molar-refractivity contribution in [3.05, 3.63) is 0 Å². The van der Waals surface area contributed by atoms with Crippen LogP contribution in [0, 0.1) is 0 Å². The van der Waals surface area contributed by atoms with Crippen LogP contribution in [0.5, 0.6) is 0 Å². The minimum absolute atomic E-state index is 0.713. The number of rotatable bonds is 6. The fraction of sp³-hybridized carbons (Fsp3) is 1.00. The molecule has 0 bridgehead atoms. The van der Waals surface area contributed by atoms with E-state index in [2.05, 4.69) is 51.9 Å². The van der Waals surface area contributed by atoms with E-state index in [1.165, 1.54) is 0 Å². The Kier molecular flexibility index (Phi) is 14.9. The SMILES string of the molecule is CCN(C)CCNC.C[CH](C)[Al][CH](C)C. The number of hydrogen-bond donors (Lipinski definition) is 1. The molecular weight excluding hydrogens is 199 g/mol. The molecule has 15 heavy (non-hydrogen) atoms.